The molecule has 0 amide bonds. The zero-order valence-electron chi connectivity index (χ0n) is 12.3. The van der Waals surface area contributed by atoms with Crippen LogP contribution in [0.15, 0.2) is 24.3 Å². The Hall–Kier alpha value is -1.10. The lowest BCUT2D eigenvalue weighted by atomic mass is 10.00. The number of carbonyl (C=O) groups is 1. The van der Waals surface area contributed by atoms with Gasteiger partial charge in [-0.3, -0.25) is 4.79 Å². The summed E-state index contributed by atoms with van der Waals surface area (Å²) < 4.78 is 37.3. The molecule has 1 unspecified atom stereocenters. The van der Waals surface area contributed by atoms with E-state index in [0.29, 0.717) is 12.0 Å². The number of hydrogen-bond donors (Lipinski definition) is 0. The van der Waals surface area contributed by atoms with Crippen molar-refractivity contribution in [1.29, 1.82) is 0 Å². The Labute approximate surface area is 119 Å². The molecule has 0 aromatic heterocycles. The summed E-state index contributed by atoms with van der Waals surface area (Å²) in [5, 5.41) is 0. The Morgan fingerprint density at radius 3 is 2.05 bits per heavy atom. The zero-order valence-corrected chi connectivity index (χ0v) is 13.3. The lowest BCUT2D eigenvalue weighted by molar-refractivity contribution is -0.137. The van der Waals surface area contributed by atoms with Crippen LogP contribution in [0.4, 0.5) is 13.2 Å². The van der Waals surface area contributed by atoms with Crippen molar-refractivity contribution in [2.45, 2.75) is 45.2 Å². The maximum Gasteiger partial charge on any atom is 0.416 e. The fraction of sp³-hybridized carbons (Fsp3) is 0.533. The van der Waals surface area contributed by atoms with Crippen LogP contribution in [-0.2, 0) is 6.18 Å². The van der Waals surface area contributed by atoms with E-state index in [4.69, 9.17) is 0 Å². The molecule has 0 aliphatic carbocycles. The smallest absolute Gasteiger partial charge is 0.294 e. The number of alkyl halides is 3. The van der Waals surface area contributed by atoms with Gasteiger partial charge in [0.1, 0.15) is 0 Å². The zero-order chi connectivity index (χ0) is 15.6. The van der Waals surface area contributed by atoms with E-state index in [1.807, 2.05) is 6.92 Å². The highest BCUT2D eigenvalue weighted by Crippen LogP contribution is 2.29. The van der Waals surface area contributed by atoms with Gasteiger partial charge in [0.2, 0.25) is 0 Å². The lowest BCUT2D eigenvalue weighted by Gasteiger charge is -2.20. The second-order valence-electron chi connectivity index (χ2n) is 6.57. The van der Waals surface area contributed by atoms with E-state index < -0.39 is 19.8 Å². The van der Waals surface area contributed by atoms with Gasteiger partial charge in [0.15, 0.2) is 5.78 Å². The van der Waals surface area contributed by atoms with E-state index in [1.54, 1.807) is 0 Å². The van der Waals surface area contributed by atoms with Crippen LogP contribution < -0.4 is 0 Å². The molecule has 0 fully saturated rings. The Morgan fingerprint density at radius 2 is 1.65 bits per heavy atom. The Bertz CT molecular complexity index is 457. The minimum atomic E-state index is -4.35. The van der Waals surface area contributed by atoms with Gasteiger partial charge in [0.05, 0.1) is 5.56 Å². The maximum atomic E-state index is 12.4. The predicted octanol–water partition coefficient (Wildman–Crippen LogP) is 5.25. The van der Waals surface area contributed by atoms with Gasteiger partial charge in [-0.25, -0.2) is 0 Å². The second-order valence-corrected chi connectivity index (χ2v) is 12.1. The van der Waals surface area contributed by atoms with Crippen molar-refractivity contribution < 1.29 is 18.0 Å². The summed E-state index contributed by atoms with van der Waals surface area (Å²) in [5.74, 6) is 0.195. The molecule has 0 heterocycles. The number of Topliss-reactive ketones (excluding diaryl/α,β-unsaturated/α-hetero) is 1. The van der Waals surface area contributed by atoms with E-state index in [2.05, 4.69) is 19.6 Å². The third-order valence-corrected chi connectivity index (χ3v) is 4.95. The van der Waals surface area contributed by atoms with Crippen LogP contribution in [0.1, 0.15) is 29.3 Å². The average molecular weight is 302 g/mol. The summed E-state index contributed by atoms with van der Waals surface area (Å²) in [7, 11) is -1.22. The number of benzene rings is 1. The first-order valence-corrected chi connectivity index (χ1v) is 10.4. The standard InChI is InChI=1S/C15H21F3OSi/c1-11(10-20(2,3)4)9-14(19)12-5-7-13(8-6-12)15(16,17)18/h5-8,11H,9-10H2,1-4H3. The summed E-state index contributed by atoms with van der Waals surface area (Å²) in [4.78, 5) is 12.0. The highest BCUT2D eigenvalue weighted by molar-refractivity contribution is 6.76. The van der Waals surface area contributed by atoms with E-state index >= 15 is 0 Å². The molecule has 0 saturated carbocycles. The maximum absolute atomic E-state index is 12.4. The second kappa shape index (κ2) is 6.12. The summed E-state index contributed by atoms with van der Waals surface area (Å²) >= 11 is 0. The van der Waals surface area contributed by atoms with Gasteiger partial charge in [-0.2, -0.15) is 13.2 Å². The third-order valence-electron chi connectivity index (χ3n) is 3.03. The van der Waals surface area contributed by atoms with Gasteiger partial charge >= 0.3 is 6.18 Å². The molecule has 1 aromatic carbocycles. The lowest BCUT2D eigenvalue weighted by Crippen LogP contribution is -2.23. The van der Waals surface area contributed by atoms with Crippen LogP contribution in [0.5, 0.6) is 0 Å². The van der Waals surface area contributed by atoms with Gasteiger partial charge in [-0.15, -0.1) is 0 Å². The van der Waals surface area contributed by atoms with Gasteiger partial charge in [-0.1, -0.05) is 44.7 Å². The fourth-order valence-electron chi connectivity index (χ4n) is 2.40. The van der Waals surface area contributed by atoms with Gasteiger partial charge in [0.25, 0.3) is 0 Å². The molecule has 0 aliphatic heterocycles. The van der Waals surface area contributed by atoms with Crippen LogP contribution in [0.2, 0.25) is 25.7 Å². The summed E-state index contributed by atoms with van der Waals surface area (Å²) in [6.45, 7) is 8.75. The highest BCUT2D eigenvalue weighted by Gasteiger charge is 2.30. The fourth-order valence-corrected chi connectivity index (χ4v) is 4.63. The molecule has 0 spiro atoms. The molecule has 0 radical (unpaired) electrons. The quantitative estimate of drug-likeness (QED) is 0.536. The normalized spacial score (nSPS) is 14.2. The molecule has 0 saturated heterocycles. The average Bonchev–Trinajstić information content (AvgIpc) is 2.25. The van der Waals surface area contributed by atoms with Crippen molar-refractivity contribution in [2.24, 2.45) is 5.92 Å². The Balaban J connectivity index is 2.69. The molecule has 1 atom stereocenters. The SMILES string of the molecule is CC(CC(=O)c1ccc(C(F)(F)F)cc1)C[Si](C)(C)C. The Kier molecular flexibility index (Phi) is 5.19. The first kappa shape index (κ1) is 16.9. The van der Waals surface area contributed by atoms with Crippen LogP contribution in [0.3, 0.4) is 0 Å². The molecule has 112 valence electrons. The number of halogens is 3. The molecule has 0 N–H and O–H groups in total. The van der Waals surface area contributed by atoms with Crippen LogP contribution in [0, 0.1) is 5.92 Å². The van der Waals surface area contributed by atoms with E-state index in [-0.39, 0.29) is 11.7 Å². The van der Waals surface area contributed by atoms with Crippen LogP contribution >= 0.6 is 0 Å². The van der Waals surface area contributed by atoms with E-state index in [0.717, 1.165) is 18.2 Å². The molecule has 5 heteroatoms. The minimum Gasteiger partial charge on any atom is -0.294 e. The predicted molar refractivity (Wildman–Crippen MR) is 77.7 cm³/mol. The Morgan fingerprint density at radius 1 is 1.15 bits per heavy atom. The highest BCUT2D eigenvalue weighted by atomic mass is 28.3. The molecule has 0 aliphatic rings. The molecular weight excluding hydrogens is 281 g/mol. The molecular formula is C15H21F3OSi. The molecule has 1 nitrogen and oxygen atoms in total. The van der Waals surface area contributed by atoms with Crippen molar-refractivity contribution in [2.75, 3.05) is 0 Å². The first-order chi connectivity index (χ1) is 8.99. The third kappa shape index (κ3) is 5.49. The van der Waals surface area contributed by atoms with Crippen molar-refractivity contribution in [3.8, 4) is 0 Å². The number of ketones is 1. The molecule has 1 aromatic rings. The summed E-state index contributed by atoms with van der Waals surface area (Å²) in [5.41, 5.74) is -0.357. The van der Waals surface area contributed by atoms with E-state index in [9.17, 15) is 18.0 Å². The van der Waals surface area contributed by atoms with E-state index in [1.165, 1.54) is 12.1 Å². The molecule has 1 rings (SSSR count). The summed E-state index contributed by atoms with van der Waals surface area (Å²) in [6, 6.07) is 5.52. The minimum absolute atomic E-state index is 0.0792. The van der Waals surface area contributed by atoms with Crippen LogP contribution in [-0.4, -0.2) is 13.9 Å². The molecule has 0 bridgehead atoms. The topological polar surface area (TPSA) is 17.1 Å². The molecule has 20 heavy (non-hydrogen) atoms. The van der Waals surface area contributed by atoms with Gasteiger partial charge in [0, 0.05) is 20.1 Å². The number of hydrogen-bond acceptors (Lipinski definition) is 1. The largest absolute Gasteiger partial charge is 0.416 e. The van der Waals surface area contributed by atoms with Crippen molar-refractivity contribution in [1.82, 2.24) is 0 Å². The first-order valence-electron chi connectivity index (χ1n) is 6.69. The van der Waals surface area contributed by atoms with Crippen molar-refractivity contribution >= 4 is 13.9 Å². The van der Waals surface area contributed by atoms with Gasteiger partial charge in [-0.05, 0) is 18.1 Å². The number of rotatable bonds is 5. The van der Waals surface area contributed by atoms with Crippen LogP contribution in [0.25, 0.3) is 0 Å². The summed E-state index contributed by atoms with van der Waals surface area (Å²) in [6.07, 6.45) is -3.96. The van der Waals surface area contributed by atoms with Crippen molar-refractivity contribution in [3.63, 3.8) is 0 Å². The van der Waals surface area contributed by atoms with Gasteiger partial charge < -0.3 is 0 Å². The monoisotopic (exact) mass is 302 g/mol. The van der Waals surface area contributed by atoms with Crippen molar-refractivity contribution in [3.05, 3.63) is 35.4 Å². The number of carbonyl (C=O) groups excluding carboxylic acids is 1.